The summed E-state index contributed by atoms with van der Waals surface area (Å²) in [7, 11) is 1.48. The number of carbonyl (C=O) groups excluding carboxylic acids is 2. The third-order valence-electron chi connectivity index (χ3n) is 6.61. The zero-order valence-electron chi connectivity index (χ0n) is 19.4. The first-order valence-corrected chi connectivity index (χ1v) is 11.5. The van der Waals surface area contributed by atoms with E-state index in [0.717, 1.165) is 5.39 Å². The number of aromatic nitrogens is 4. The van der Waals surface area contributed by atoms with Crippen molar-refractivity contribution in [2.24, 2.45) is 5.92 Å². The highest BCUT2D eigenvalue weighted by Crippen LogP contribution is 2.32. The van der Waals surface area contributed by atoms with Crippen LogP contribution in [0.25, 0.3) is 11.0 Å². The Morgan fingerprint density at radius 2 is 1.97 bits per heavy atom. The number of rotatable bonds is 5. The van der Waals surface area contributed by atoms with Gasteiger partial charge in [-0.1, -0.05) is 0 Å². The van der Waals surface area contributed by atoms with Crippen LogP contribution in [0.2, 0.25) is 0 Å². The molecule has 1 N–H and O–H groups in total. The summed E-state index contributed by atoms with van der Waals surface area (Å²) in [5.41, 5.74) is 0.352. The van der Waals surface area contributed by atoms with Crippen molar-refractivity contribution < 1.29 is 23.8 Å². The van der Waals surface area contributed by atoms with Gasteiger partial charge in [0.15, 0.2) is 18.2 Å². The largest absolute Gasteiger partial charge is 0.480 e. The molecule has 13 heteroatoms. The molecule has 6 rings (SSSR count). The first-order chi connectivity index (χ1) is 17.5. The monoisotopic (exact) mass is 493 g/mol. The van der Waals surface area contributed by atoms with E-state index in [-0.39, 0.29) is 41.9 Å². The Morgan fingerprint density at radius 3 is 2.83 bits per heavy atom. The topological polar surface area (TPSA) is 141 Å². The number of anilines is 2. The lowest BCUT2D eigenvalue weighted by Crippen LogP contribution is -2.48. The summed E-state index contributed by atoms with van der Waals surface area (Å²) in [6, 6.07) is 6.74. The summed E-state index contributed by atoms with van der Waals surface area (Å²) < 4.78 is 17.8. The molecule has 2 saturated heterocycles. The first-order valence-electron chi connectivity index (χ1n) is 11.5. The predicted molar refractivity (Wildman–Crippen MR) is 126 cm³/mol. The number of pyridine rings is 2. The van der Waals surface area contributed by atoms with Crippen LogP contribution in [0.4, 0.5) is 16.4 Å². The van der Waals surface area contributed by atoms with E-state index in [0.29, 0.717) is 49.9 Å². The highest BCUT2D eigenvalue weighted by Gasteiger charge is 2.43. The van der Waals surface area contributed by atoms with Crippen molar-refractivity contribution in [3.8, 4) is 11.8 Å². The van der Waals surface area contributed by atoms with Crippen molar-refractivity contribution in [1.82, 2.24) is 24.4 Å². The fourth-order valence-corrected chi connectivity index (χ4v) is 4.82. The number of nitrogens with one attached hydrogen (secondary N) is 1. The summed E-state index contributed by atoms with van der Waals surface area (Å²) in [5, 5.41) is 3.40. The highest BCUT2D eigenvalue weighted by molar-refractivity contribution is 5.95. The SMILES string of the molecule is COc1ncc2ccc(=O)n(CCN3C[C@H]4CN(c5ccc6c(n5)NC(=O)CO6)C(=O)O[C@H]4C3)c2n1. The van der Waals surface area contributed by atoms with Crippen LogP contribution in [-0.2, 0) is 16.1 Å². The number of fused-ring (bicyclic) bond motifs is 3. The quantitative estimate of drug-likeness (QED) is 0.534. The fourth-order valence-electron chi connectivity index (χ4n) is 4.82. The van der Waals surface area contributed by atoms with Gasteiger partial charge in [-0.2, -0.15) is 4.98 Å². The van der Waals surface area contributed by atoms with Crippen LogP contribution in [-0.4, -0.2) is 82.4 Å². The van der Waals surface area contributed by atoms with Gasteiger partial charge in [-0.05, 0) is 18.2 Å². The van der Waals surface area contributed by atoms with E-state index in [1.165, 1.54) is 18.1 Å². The number of hydrogen-bond acceptors (Lipinski definition) is 10. The molecular formula is C23H23N7O6. The van der Waals surface area contributed by atoms with Gasteiger partial charge in [-0.25, -0.2) is 14.8 Å². The lowest BCUT2D eigenvalue weighted by molar-refractivity contribution is -0.118. The standard InChI is InChI=1S/C23H23N7O6/c1-34-22-24-8-13-2-5-19(32)29(21(13)27-22)7-6-28-9-14-10-30(23(33)36-16(14)11-28)17-4-3-15-20(25-17)26-18(31)12-35-15/h2-5,8,14,16H,6-7,9-12H2,1H3,(H,25,26,31)/t14-,16-/m0/s1. The fraction of sp³-hybridized carbons (Fsp3) is 0.391. The Morgan fingerprint density at radius 1 is 1.08 bits per heavy atom. The molecule has 3 aromatic heterocycles. The molecule has 186 valence electrons. The van der Waals surface area contributed by atoms with Crippen LogP contribution < -0.4 is 25.2 Å². The molecule has 36 heavy (non-hydrogen) atoms. The van der Waals surface area contributed by atoms with Crippen molar-refractivity contribution in [3.05, 3.63) is 40.8 Å². The molecule has 0 aromatic carbocycles. The van der Waals surface area contributed by atoms with E-state index in [1.807, 2.05) is 0 Å². The molecule has 6 heterocycles. The minimum absolute atomic E-state index is 0.0647. The Labute approximate surface area is 204 Å². The Kier molecular flexibility index (Phi) is 5.40. The van der Waals surface area contributed by atoms with E-state index < -0.39 is 6.09 Å². The summed E-state index contributed by atoms with van der Waals surface area (Å²) >= 11 is 0. The molecule has 0 radical (unpaired) electrons. The van der Waals surface area contributed by atoms with Crippen LogP contribution in [0.15, 0.2) is 35.3 Å². The number of nitrogens with zero attached hydrogens (tertiary/aromatic N) is 6. The average Bonchev–Trinajstić information content (AvgIpc) is 3.28. The van der Waals surface area contributed by atoms with Gasteiger partial charge in [0, 0.05) is 56.3 Å². The smallest absolute Gasteiger partial charge is 0.415 e. The second-order valence-corrected chi connectivity index (χ2v) is 8.86. The normalized spacial score (nSPS) is 21.4. The number of methoxy groups -OCH3 is 1. The van der Waals surface area contributed by atoms with Crippen molar-refractivity contribution >= 4 is 34.7 Å². The van der Waals surface area contributed by atoms with Crippen LogP contribution in [0, 0.1) is 5.92 Å². The van der Waals surface area contributed by atoms with Crippen molar-refractivity contribution in [3.63, 3.8) is 0 Å². The number of amides is 2. The summed E-state index contributed by atoms with van der Waals surface area (Å²) in [6.45, 7) is 2.63. The minimum Gasteiger partial charge on any atom is -0.480 e. The Bertz CT molecular complexity index is 1430. The van der Waals surface area contributed by atoms with Gasteiger partial charge in [-0.15, -0.1) is 0 Å². The Balaban J connectivity index is 1.15. The molecule has 2 amide bonds. The second-order valence-electron chi connectivity index (χ2n) is 8.86. The van der Waals surface area contributed by atoms with E-state index in [9.17, 15) is 14.4 Å². The second kappa shape index (κ2) is 8.75. The van der Waals surface area contributed by atoms with Gasteiger partial charge < -0.3 is 19.5 Å². The highest BCUT2D eigenvalue weighted by atomic mass is 16.6. The zero-order valence-corrected chi connectivity index (χ0v) is 19.4. The van der Waals surface area contributed by atoms with Crippen LogP contribution in [0.3, 0.4) is 0 Å². The van der Waals surface area contributed by atoms with Crippen molar-refractivity contribution in [1.29, 1.82) is 0 Å². The molecule has 0 saturated carbocycles. The molecule has 0 aliphatic carbocycles. The van der Waals surface area contributed by atoms with E-state index in [2.05, 4.69) is 25.2 Å². The van der Waals surface area contributed by atoms with Gasteiger partial charge in [0.2, 0.25) is 0 Å². The molecular weight excluding hydrogens is 470 g/mol. The van der Waals surface area contributed by atoms with E-state index >= 15 is 0 Å². The van der Waals surface area contributed by atoms with Gasteiger partial charge in [-0.3, -0.25) is 24.0 Å². The Hall–Kier alpha value is -4.26. The van der Waals surface area contributed by atoms with Gasteiger partial charge in [0.25, 0.3) is 11.5 Å². The molecule has 3 aromatic rings. The molecule has 2 fully saturated rings. The third-order valence-corrected chi connectivity index (χ3v) is 6.61. The third kappa shape index (κ3) is 3.96. The maximum atomic E-state index is 12.8. The number of ether oxygens (including phenoxy) is 3. The van der Waals surface area contributed by atoms with Gasteiger partial charge in [0.05, 0.1) is 7.11 Å². The predicted octanol–water partition coefficient (Wildman–Crippen LogP) is 0.483. The summed E-state index contributed by atoms with van der Waals surface area (Å²) in [4.78, 5) is 53.5. The zero-order chi connectivity index (χ0) is 24.8. The van der Waals surface area contributed by atoms with Crippen molar-refractivity contribution in [2.45, 2.75) is 12.6 Å². The molecule has 3 aliphatic rings. The average molecular weight is 493 g/mol. The lowest BCUT2D eigenvalue weighted by atomic mass is 10.0. The minimum atomic E-state index is -0.484. The van der Waals surface area contributed by atoms with Gasteiger partial charge in [0.1, 0.15) is 17.6 Å². The van der Waals surface area contributed by atoms with Crippen LogP contribution >= 0.6 is 0 Å². The maximum Gasteiger partial charge on any atom is 0.415 e. The summed E-state index contributed by atoms with van der Waals surface area (Å²) in [5.74, 6) is 0.901. The molecule has 2 atom stereocenters. The van der Waals surface area contributed by atoms with Gasteiger partial charge >= 0.3 is 12.1 Å². The molecule has 0 bridgehead atoms. The van der Waals surface area contributed by atoms with Crippen molar-refractivity contribution in [2.75, 3.05) is 50.1 Å². The molecule has 0 spiro atoms. The van der Waals surface area contributed by atoms with Crippen LogP contribution in [0.5, 0.6) is 11.8 Å². The van der Waals surface area contributed by atoms with Crippen LogP contribution in [0.1, 0.15) is 0 Å². The van der Waals surface area contributed by atoms with E-state index in [1.54, 1.807) is 29.0 Å². The number of likely N-dealkylation sites (tertiary alicyclic amines) is 1. The molecule has 3 aliphatic heterocycles. The molecule has 13 nitrogen and oxygen atoms in total. The lowest BCUT2D eigenvalue weighted by Gasteiger charge is -2.33. The number of carbonyl (C=O) groups is 2. The first kappa shape index (κ1) is 22.2. The van der Waals surface area contributed by atoms with E-state index in [4.69, 9.17) is 14.2 Å². The summed E-state index contributed by atoms with van der Waals surface area (Å²) in [6.07, 6.45) is 0.894. The maximum absolute atomic E-state index is 12.8. The number of hydrogen-bond donors (Lipinski definition) is 1. The molecule has 0 unspecified atom stereocenters.